The second-order valence-electron chi connectivity index (χ2n) is 4.72. The van der Waals surface area contributed by atoms with Gasteiger partial charge in [0.25, 0.3) is 0 Å². The first kappa shape index (κ1) is 15.8. The number of rotatable bonds is 4. The molecule has 0 radical (unpaired) electrons. The quantitative estimate of drug-likeness (QED) is 0.402. The summed E-state index contributed by atoms with van der Waals surface area (Å²) in [5.41, 5.74) is 1.29. The van der Waals surface area contributed by atoms with Gasteiger partial charge in [0.2, 0.25) is 5.76 Å². The summed E-state index contributed by atoms with van der Waals surface area (Å²) in [7, 11) is 0. The third kappa shape index (κ3) is 3.16. The number of aromatic nitrogens is 2. The minimum Gasteiger partial charge on any atom is -0.507 e. The van der Waals surface area contributed by atoms with Gasteiger partial charge in [0, 0.05) is 0 Å². The summed E-state index contributed by atoms with van der Waals surface area (Å²) in [6.45, 7) is -0.475. The largest absolute Gasteiger partial charge is 0.507 e. The molecule has 0 amide bonds. The number of allylic oxidation sites excluding steroid dienone is 1. The zero-order chi connectivity index (χ0) is 17.1. The molecule has 2 heterocycles. The lowest BCUT2D eigenvalue weighted by atomic mass is 10.2. The number of furan rings is 1. The van der Waals surface area contributed by atoms with E-state index in [-0.39, 0.29) is 17.2 Å². The highest BCUT2D eigenvalue weighted by Crippen LogP contribution is 2.19. The molecular formula is C16H10BrN3O4. The highest BCUT2D eigenvalue weighted by Gasteiger charge is 2.17. The molecule has 0 aliphatic rings. The van der Waals surface area contributed by atoms with Crippen LogP contribution in [0.3, 0.4) is 0 Å². The summed E-state index contributed by atoms with van der Waals surface area (Å²) < 4.78 is 10.4. The molecule has 0 saturated carbocycles. The third-order valence-electron chi connectivity index (χ3n) is 3.14. The number of carbonyl (C=O) groups is 1. The third-order valence-corrected chi connectivity index (χ3v) is 3.57. The van der Waals surface area contributed by atoms with Crippen molar-refractivity contribution < 1.29 is 19.1 Å². The summed E-state index contributed by atoms with van der Waals surface area (Å²) >= 11 is 3.07. The molecule has 0 saturated heterocycles. The molecule has 24 heavy (non-hydrogen) atoms. The number of aliphatic hydroxyl groups excluding tert-OH is 1. The van der Waals surface area contributed by atoms with E-state index < -0.39 is 18.3 Å². The maximum atomic E-state index is 11.8. The van der Waals surface area contributed by atoms with Crippen molar-refractivity contribution in [1.82, 2.24) is 9.97 Å². The monoisotopic (exact) mass is 387 g/mol. The number of fused-ring (bicyclic) bond motifs is 1. The van der Waals surface area contributed by atoms with E-state index in [9.17, 15) is 15.2 Å². The van der Waals surface area contributed by atoms with Crippen LogP contribution < -0.4 is 0 Å². The number of ether oxygens (including phenoxy) is 1. The van der Waals surface area contributed by atoms with Crippen molar-refractivity contribution in [2.45, 2.75) is 0 Å². The number of benzene rings is 1. The lowest BCUT2D eigenvalue weighted by Crippen LogP contribution is -2.08. The Hall–Kier alpha value is -3.05. The Labute approximate surface area is 144 Å². The number of halogens is 1. The SMILES string of the molecule is N#C/C(=C(/O)COC(=O)c1ccc(Br)o1)c1nc2ccccc2[nH]1. The molecule has 3 aromatic rings. The molecule has 0 atom stereocenters. The number of aromatic amines is 1. The van der Waals surface area contributed by atoms with Gasteiger partial charge < -0.3 is 19.2 Å². The number of esters is 1. The second-order valence-corrected chi connectivity index (χ2v) is 5.50. The van der Waals surface area contributed by atoms with Crippen LogP contribution in [0.1, 0.15) is 16.4 Å². The predicted molar refractivity (Wildman–Crippen MR) is 87.9 cm³/mol. The van der Waals surface area contributed by atoms with Crippen LogP contribution in [0.5, 0.6) is 0 Å². The number of carbonyl (C=O) groups excluding carboxylic acids is 1. The minimum absolute atomic E-state index is 0.0167. The van der Waals surface area contributed by atoms with Crippen molar-refractivity contribution in [3.8, 4) is 6.07 Å². The van der Waals surface area contributed by atoms with Gasteiger partial charge >= 0.3 is 5.97 Å². The molecule has 1 aromatic carbocycles. The Morgan fingerprint density at radius 1 is 1.38 bits per heavy atom. The second kappa shape index (κ2) is 6.60. The Kier molecular flexibility index (Phi) is 4.35. The molecule has 0 unspecified atom stereocenters. The Morgan fingerprint density at radius 3 is 2.83 bits per heavy atom. The van der Waals surface area contributed by atoms with Gasteiger partial charge in [-0.1, -0.05) is 12.1 Å². The van der Waals surface area contributed by atoms with Gasteiger partial charge in [-0.3, -0.25) is 0 Å². The molecule has 0 spiro atoms. The normalized spacial score (nSPS) is 11.8. The number of nitrogens with one attached hydrogen (secondary N) is 1. The maximum absolute atomic E-state index is 11.8. The highest BCUT2D eigenvalue weighted by molar-refractivity contribution is 9.10. The van der Waals surface area contributed by atoms with E-state index in [2.05, 4.69) is 25.9 Å². The van der Waals surface area contributed by atoms with E-state index in [0.717, 1.165) is 5.52 Å². The average molecular weight is 388 g/mol. The van der Waals surface area contributed by atoms with Gasteiger partial charge in [0.15, 0.2) is 22.9 Å². The van der Waals surface area contributed by atoms with Crippen molar-refractivity contribution in [2.24, 2.45) is 0 Å². The fourth-order valence-corrected chi connectivity index (χ4v) is 2.33. The van der Waals surface area contributed by atoms with Crippen LogP contribution in [0.2, 0.25) is 0 Å². The number of para-hydroxylation sites is 2. The summed E-state index contributed by atoms with van der Waals surface area (Å²) in [5.74, 6) is -0.977. The summed E-state index contributed by atoms with van der Waals surface area (Å²) in [5, 5.41) is 19.3. The number of hydrogen-bond acceptors (Lipinski definition) is 6. The Morgan fingerprint density at radius 2 is 2.17 bits per heavy atom. The molecule has 0 aliphatic carbocycles. The molecule has 2 aromatic heterocycles. The van der Waals surface area contributed by atoms with Crippen LogP contribution >= 0.6 is 15.9 Å². The minimum atomic E-state index is -0.755. The van der Waals surface area contributed by atoms with Crippen molar-refractivity contribution in [1.29, 1.82) is 5.26 Å². The number of H-pyrrole nitrogens is 1. The van der Waals surface area contributed by atoms with Gasteiger partial charge in [-0.2, -0.15) is 5.26 Å². The van der Waals surface area contributed by atoms with E-state index in [1.165, 1.54) is 6.07 Å². The number of aliphatic hydroxyl groups is 1. The van der Waals surface area contributed by atoms with E-state index in [1.807, 2.05) is 18.2 Å². The average Bonchev–Trinajstić information content (AvgIpc) is 3.19. The Balaban J connectivity index is 1.80. The zero-order valence-corrected chi connectivity index (χ0v) is 13.7. The molecule has 7 nitrogen and oxygen atoms in total. The number of hydrogen-bond donors (Lipinski definition) is 2. The highest BCUT2D eigenvalue weighted by atomic mass is 79.9. The molecule has 8 heteroatoms. The molecular weight excluding hydrogens is 378 g/mol. The van der Waals surface area contributed by atoms with Gasteiger partial charge in [-0.25, -0.2) is 9.78 Å². The number of nitriles is 1. The van der Waals surface area contributed by atoms with Gasteiger partial charge in [-0.15, -0.1) is 0 Å². The van der Waals surface area contributed by atoms with E-state index in [0.29, 0.717) is 10.2 Å². The Bertz CT molecular complexity index is 948. The zero-order valence-electron chi connectivity index (χ0n) is 12.1. The lowest BCUT2D eigenvalue weighted by molar-refractivity contribution is 0.0465. The van der Waals surface area contributed by atoms with E-state index >= 15 is 0 Å². The van der Waals surface area contributed by atoms with Crippen LogP contribution in [0.15, 0.2) is 51.2 Å². The van der Waals surface area contributed by atoms with Crippen molar-refractivity contribution in [3.63, 3.8) is 0 Å². The van der Waals surface area contributed by atoms with Crippen LogP contribution in [0.4, 0.5) is 0 Å². The first-order chi connectivity index (χ1) is 11.6. The van der Waals surface area contributed by atoms with Crippen molar-refractivity contribution >= 4 is 38.5 Å². The van der Waals surface area contributed by atoms with E-state index in [4.69, 9.17) is 9.15 Å². The maximum Gasteiger partial charge on any atom is 0.374 e. The summed E-state index contributed by atoms with van der Waals surface area (Å²) in [6.07, 6.45) is 0. The van der Waals surface area contributed by atoms with Crippen molar-refractivity contribution in [2.75, 3.05) is 6.61 Å². The van der Waals surface area contributed by atoms with Crippen LogP contribution in [-0.4, -0.2) is 27.7 Å². The standard InChI is InChI=1S/C16H10BrN3O4/c17-14-6-5-13(24-14)16(22)23-8-12(21)9(7-18)15-19-10-3-1-2-4-11(10)20-15/h1-6,21H,8H2,(H,19,20)/b12-9-. The molecule has 0 bridgehead atoms. The fraction of sp³-hybridized carbons (Fsp3) is 0.0625. The topological polar surface area (TPSA) is 112 Å². The smallest absolute Gasteiger partial charge is 0.374 e. The number of nitrogens with zero attached hydrogens (tertiary/aromatic N) is 2. The molecule has 2 N–H and O–H groups in total. The van der Waals surface area contributed by atoms with E-state index in [1.54, 1.807) is 18.2 Å². The first-order valence-corrected chi connectivity index (χ1v) is 7.57. The molecule has 0 fully saturated rings. The predicted octanol–water partition coefficient (Wildman–Crippen LogP) is 3.57. The van der Waals surface area contributed by atoms with Gasteiger partial charge in [0.05, 0.1) is 11.0 Å². The molecule has 3 rings (SSSR count). The lowest BCUT2D eigenvalue weighted by Gasteiger charge is -2.03. The van der Waals surface area contributed by atoms with Crippen molar-refractivity contribution in [3.05, 3.63) is 58.4 Å². The summed E-state index contributed by atoms with van der Waals surface area (Å²) in [6, 6.07) is 12.0. The first-order valence-electron chi connectivity index (χ1n) is 6.78. The fourth-order valence-electron chi connectivity index (χ4n) is 2.03. The van der Waals surface area contributed by atoms with Gasteiger partial charge in [0.1, 0.15) is 11.6 Å². The molecule has 120 valence electrons. The van der Waals surface area contributed by atoms with Crippen LogP contribution in [0.25, 0.3) is 16.6 Å². The number of imidazole rings is 1. The van der Waals surface area contributed by atoms with Crippen LogP contribution in [-0.2, 0) is 4.74 Å². The van der Waals surface area contributed by atoms with Gasteiger partial charge in [-0.05, 0) is 40.2 Å². The summed E-state index contributed by atoms with van der Waals surface area (Å²) in [4.78, 5) is 18.9. The molecule has 0 aliphatic heterocycles. The van der Waals surface area contributed by atoms with Crippen LogP contribution in [0, 0.1) is 11.3 Å².